The number of anilines is 1. The van der Waals surface area contributed by atoms with E-state index in [4.69, 9.17) is 21.1 Å². The maximum absolute atomic E-state index is 12.5. The number of ketones is 1. The van der Waals surface area contributed by atoms with Crippen molar-refractivity contribution in [2.45, 2.75) is 0 Å². The van der Waals surface area contributed by atoms with E-state index < -0.39 is 0 Å². The number of ether oxygens (including phenoxy) is 2. The Morgan fingerprint density at radius 3 is 2.29 bits per heavy atom. The summed E-state index contributed by atoms with van der Waals surface area (Å²) in [5.41, 5.74) is 1.61. The average Bonchev–Trinajstić information content (AvgIpc) is 2.71. The number of methoxy groups -OCH3 is 1. The summed E-state index contributed by atoms with van der Waals surface area (Å²) in [6.07, 6.45) is 0. The summed E-state index contributed by atoms with van der Waals surface area (Å²) >= 11 is 6.02. The van der Waals surface area contributed by atoms with Gasteiger partial charge in [0.2, 0.25) is 5.91 Å². The fraction of sp³-hybridized carbons (Fsp3) is 0.0909. The molecule has 0 fully saturated rings. The van der Waals surface area contributed by atoms with Crippen LogP contribution in [0.1, 0.15) is 15.9 Å². The topological polar surface area (TPSA) is 64.6 Å². The number of hydrogen-bond acceptors (Lipinski definition) is 4. The molecule has 0 aliphatic rings. The minimum absolute atomic E-state index is 0.0637. The van der Waals surface area contributed by atoms with Gasteiger partial charge in [0, 0.05) is 23.3 Å². The Labute approximate surface area is 167 Å². The van der Waals surface area contributed by atoms with Crippen LogP contribution in [0.25, 0.3) is 0 Å². The number of amides is 1. The lowest BCUT2D eigenvalue weighted by Crippen LogP contribution is -2.17. The molecule has 0 atom stereocenters. The predicted molar refractivity (Wildman–Crippen MR) is 108 cm³/mol. The second kappa shape index (κ2) is 9.17. The molecule has 3 aromatic rings. The largest absolute Gasteiger partial charge is 0.455 e. The van der Waals surface area contributed by atoms with Crippen LogP contribution in [-0.4, -0.2) is 25.4 Å². The molecule has 0 aromatic heterocycles. The van der Waals surface area contributed by atoms with Crippen LogP contribution in [0.2, 0.25) is 5.02 Å². The molecule has 0 aliphatic carbocycles. The molecule has 28 heavy (non-hydrogen) atoms. The number of halogens is 1. The zero-order valence-corrected chi connectivity index (χ0v) is 15.9. The van der Waals surface area contributed by atoms with Gasteiger partial charge in [0.1, 0.15) is 12.4 Å². The molecule has 3 aromatic carbocycles. The van der Waals surface area contributed by atoms with Crippen molar-refractivity contribution in [3.8, 4) is 11.5 Å². The molecule has 0 heterocycles. The van der Waals surface area contributed by atoms with Crippen molar-refractivity contribution in [1.29, 1.82) is 0 Å². The maximum atomic E-state index is 12.5. The monoisotopic (exact) mass is 395 g/mol. The van der Waals surface area contributed by atoms with Crippen molar-refractivity contribution in [3.05, 3.63) is 88.9 Å². The quantitative estimate of drug-likeness (QED) is 0.575. The Balaban J connectivity index is 1.77. The molecule has 1 amide bonds. The van der Waals surface area contributed by atoms with Crippen LogP contribution in [-0.2, 0) is 9.53 Å². The Morgan fingerprint density at radius 2 is 1.61 bits per heavy atom. The van der Waals surface area contributed by atoms with Gasteiger partial charge in [-0.05, 0) is 42.5 Å². The summed E-state index contributed by atoms with van der Waals surface area (Å²) in [5.74, 6) is 0.565. The van der Waals surface area contributed by atoms with E-state index in [0.717, 1.165) is 0 Å². The van der Waals surface area contributed by atoms with Gasteiger partial charge in [-0.15, -0.1) is 0 Å². The van der Waals surface area contributed by atoms with Crippen LogP contribution >= 0.6 is 11.6 Å². The third-order valence-corrected chi connectivity index (χ3v) is 4.11. The summed E-state index contributed by atoms with van der Waals surface area (Å²) in [5, 5.41) is 3.16. The van der Waals surface area contributed by atoms with Crippen LogP contribution in [0, 0.1) is 0 Å². The smallest absolute Gasteiger partial charge is 0.250 e. The average molecular weight is 396 g/mol. The maximum Gasteiger partial charge on any atom is 0.250 e. The van der Waals surface area contributed by atoms with Crippen molar-refractivity contribution in [3.63, 3.8) is 0 Å². The fourth-order valence-electron chi connectivity index (χ4n) is 2.56. The zero-order valence-electron chi connectivity index (χ0n) is 15.1. The minimum Gasteiger partial charge on any atom is -0.455 e. The van der Waals surface area contributed by atoms with Gasteiger partial charge in [0.15, 0.2) is 11.5 Å². The van der Waals surface area contributed by atoms with E-state index in [1.54, 1.807) is 54.6 Å². The predicted octanol–water partition coefficient (Wildman–Crippen LogP) is 4.95. The first-order valence-electron chi connectivity index (χ1n) is 8.53. The molecule has 0 unspecified atom stereocenters. The van der Waals surface area contributed by atoms with Crippen molar-refractivity contribution >= 4 is 29.0 Å². The number of carbonyl (C=O) groups is 2. The standard InChI is InChI=1S/C22H18ClNO4/c1-27-14-21(25)24-19-13-17(23)9-12-20(19)28-18-10-7-16(8-11-18)22(26)15-5-3-2-4-6-15/h2-13H,14H2,1H3,(H,24,25). The molecule has 0 spiro atoms. The molecule has 3 rings (SSSR count). The van der Waals surface area contributed by atoms with E-state index in [9.17, 15) is 9.59 Å². The van der Waals surface area contributed by atoms with E-state index in [0.29, 0.717) is 33.3 Å². The molecule has 142 valence electrons. The second-order valence-electron chi connectivity index (χ2n) is 5.94. The Hall–Kier alpha value is -3.15. The van der Waals surface area contributed by atoms with Gasteiger partial charge in [0.25, 0.3) is 0 Å². The van der Waals surface area contributed by atoms with E-state index in [1.807, 2.05) is 18.2 Å². The van der Waals surface area contributed by atoms with E-state index in [-0.39, 0.29) is 18.3 Å². The lowest BCUT2D eigenvalue weighted by Gasteiger charge is -2.13. The van der Waals surface area contributed by atoms with Gasteiger partial charge in [0.05, 0.1) is 5.69 Å². The van der Waals surface area contributed by atoms with Crippen molar-refractivity contribution in [2.24, 2.45) is 0 Å². The highest BCUT2D eigenvalue weighted by molar-refractivity contribution is 6.31. The van der Waals surface area contributed by atoms with Gasteiger partial charge in [-0.1, -0.05) is 41.9 Å². The number of benzene rings is 3. The highest BCUT2D eigenvalue weighted by Crippen LogP contribution is 2.32. The molecule has 0 aliphatic heterocycles. The highest BCUT2D eigenvalue weighted by Gasteiger charge is 2.12. The van der Waals surface area contributed by atoms with Crippen molar-refractivity contribution in [1.82, 2.24) is 0 Å². The normalized spacial score (nSPS) is 10.4. The first kappa shape index (κ1) is 19.6. The van der Waals surface area contributed by atoms with E-state index >= 15 is 0 Å². The lowest BCUT2D eigenvalue weighted by molar-refractivity contribution is -0.119. The van der Waals surface area contributed by atoms with Crippen LogP contribution in [0.4, 0.5) is 5.69 Å². The van der Waals surface area contributed by atoms with Crippen LogP contribution in [0.5, 0.6) is 11.5 Å². The molecule has 5 nitrogen and oxygen atoms in total. The van der Waals surface area contributed by atoms with Crippen LogP contribution < -0.4 is 10.1 Å². The van der Waals surface area contributed by atoms with Gasteiger partial charge in [-0.3, -0.25) is 9.59 Å². The highest BCUT2D eigenvalue weighted by atomic mass is 35.5. The van der Waals surface area contributed by atoms with E-state index in [2.05, 4.69) is 5.32 Å². The molecular formula is C22H18ClNO4. The SMILES string of the molecule is COCC(=O)Nc1cc(Cl)ccc1Oc1ccc(C(=O)c2ccccc2)cc1. The second-order valence-corrected chi connectivity index (χ2v) is 6.38. The number of carbonyl (C=O) groups excluding carboxylic acids is 2. The van der Waals surface area contributed by atoms with Crippen molar-refractivity contribution in [2.75, 3.05) is 19.0 Å². The molecule has 0 bridgehead atoms. The summed E-state index contributed by atoms with van der Waals surface area (Å²) in [6.45, 7) is -0.0811. The van der Waals surface area contributed by atoms with Gasteiger partial charge in [-0.2, -0.15) is 0 Å². The Kier molecular flexibility index (Phi) is 6.42. The Morgan fingerprint density at radius 1 is 0.929 bits per heavy atom. The Bertz CT molecular complexity index is 972. The lowest BCUT2D eigenvalue weighted by atomic mass is 10.0. The third kappa shape index (κ3) is 4.97. The summed E-state index contributed by atoms with van der Waals surface area (Å²) < 4.78 is 10.7. The molecule has 0 saturated carbocycles. The van der Waals surface area contributed by atoms with Gasteiger partial charge >= 0.3 is 0 Å². The molecule has 1 N–H and O–H groups in total. The van der Waals surface area contributed by atoms with Gasteiger partial charge in [-0.25, -0.2) is 0 Å². The number of hydrogen-bond donors (Lipinski definition) is 1. The van der Waals surface area contributed by atoms with Gasteiger partial charge < -0.3 is 14.8 Å². The summed E-state index contributed by atoms with van der Waals surface area (Å²) in [6, 6.07) is 20.8. The molecular weight excluding hydrogens is 378 g/mol. The van der Waals surface area contributed by atoms with Crippen LogP contribution in [0.3, 0.4) is 0 Å². The number of nitrogens with one attached hydrogen (secondary N) is 1. The van der Waals surface area contributed by atoms with E-state index in [1.165, 1.54) is 7.11 Å². The van der Waals surface area contributed by atoms with Crippen molar-refractivity contribution < 1.29 is 19.1 Å². The third-order valence-electron chi connectivity index (χ3n) is 3.87. The molecule has 0 radical (unpaired) electrons. The first-order valence-corrected chi connectivity index (χ1v) is 8.90. The summed E-state index contributed by atoms with van der Waals surface area (Å²) in [7, 11) is 1.44. The minimum atomic E-state index is -0.321. The molecule has 6 heteroatoms. The fourth-order valence-corrected chi connectivity index (χ4v) is 2.74. The molecule has 0 saturated heterocycles. The number of rotatable bonds is 7. The summed E-state index contributed by atoms with van der Waals surface area (Å²) in [4.78, 5) is 24.3. The first-order chi connectivity index (χ1) is 13.6. The zero-order chi connectivity index (χ0) is 19.9. The van der Waals surface area contributed by atoms with Crippen LogP contribution in [0.15, 0.2) is 72.8 Å².